The Morgan fingerprint density at radius 1 is 1.44 bits per heavy atom. The Morgan fingerprint density at radius 2 is 2.11 bits per heavy atom. The normalized spacial score (nSPS) is 17.1. The third-order valence-electron chi connectivity index (χ3n) is 3.27. The molecule has 0 heterocycles. The molecule has 1 amide bonds. The van der Waals surface area contributed by atoms with E-state index in [9.17, 15) is 9.59 Å². The van der Waals surface area contributed by atoms with Crippen molar-refractivity contribution in [3.63, 3.8) is 0 Å². The lowest BCUT2D eigenvalue weighted by molar-refractivity contribution is -0.142. The molecule has 1 atom stereocenters. The summed E-state index contributed by atoms with van der Waals surface area (Å²) in [7, 11) is 0. The largest absolute Gasteiger partial charge is 0.481 e. The maximum absolute atomic E-state index is 11.2. The second-order valence-corrected chi connectivity index (χ2v) is 4.69. The van der Waals surface area contributed by atoms with Crippen molar-refractivity contribution in [2.45, 2.75) is 32.1 Å². The third kappa shape index (κ3) is 5.21. The summed E-state index contributed by atoms with van der Waals surface area (Å²) in [5.41, 5.74) is 0. The van der Waals surface area contributed by atoms with Gasteiger partial charge >= 0.3 is 12.1 Å². The first kappa shape index (κ1) is 14.5. The van der Waals surface area contributed by atoms with Crippen LogP contribution in [-0.4, -0.2) is 30.3 Å². The van der Waals surface area contributed by atoms with Crippen molar-refractivity contribution in [1.82, 2.24) is 5.32 Å². The topological polar surface area (TPSA) is 75.6 Å². The maximum atomic E-state index is 11.2. The molecule has 0 aliphatic heterocycles. The van der Waals surface area contributed by atoms with Gasteiger partial charge in [0.05, 0.1) is 5.92 Å². The van der Waals surface area contributed by atoms with Gasteiger partial charge in [-0.2, -0.15) is 0 Å². The Kier molecular flexibility index (Phi) is 6.25. The number of hydrogen-bond acceptors (Lipinski definition) is 3. The Balaban J connectivity index is 2.30. The molecule has 1 aliphatic carbocycles. The highest BCUT2D eigenvalue weighted by Crippen LogP contribution is 2.30. The Morgan fingerprint density at radius 3 is 2.67 bits per heavy atom. The molecule has 1 fully saturated rings. The molecule has 1 rings (SSSR count). The molecule has 1 aliphatic rings. The Bertz CT molecular complexity index is 297. The third-order valence-corrected chi connectivity index (χ3v) is 3.27. The van der Waals surface area contributed by atoms with Crippen molar-refractivity contribution >= 4 is 12.1 Å². The van der Waals surface area contributed by atoms with Crippen molar-refractivity contribution in [2.24, 2.45) is 11.8 Å². The van der Waals surface area contributed by atoms with E-state index in [4.69, 9.17) is 9.84 Å². The standard InChI is InChI=1S/C13H21NO4/c1-2-7-18-13(17)14-9-11(12(15)16)8-10-5-3-4-6-10/h2,10-11H,1,3-9H2,(H,14,17)(H,15,16). The lowest BCUT2D eigenvalue weighted by Crippen LogP contribution is -2.34. The molecule has 0 aromatic rings. The average molecular weight is 255 g/mol. The van der Waals surface area contributed by atoms with E-state index >= 15 is 0 Å². The minimum Gasteiger partial charge on any atom is -0.481 e. The summed E-state index contributed by atoms with van der Waals surface area (Å²) >= 11 is 0. The van der Waals surface area contributed by atoms with Crippen LogP contribution in [0.5, 0.6) is 0 Å². The van der Waals surface area contributed by atoms with Crippen molar-refractivity contribution < 1.29 is 19.4 Å². The first-order chi connectivity index (χ1) is 8.63. The van der Waals surface area contributed by atoms with Gasteiger partial charge in [0.25, 0.3) is 0 Å². The van der Waals surface area contributed by atoms with Gasteiger partial charge in [0.1, 0.15) is 6.61 Å². The van der Waals surface area contributed by atoms with E-state index in [1.807, 2.05) is 0 Å². The van der Waals surface area contributed by atoms with Gasteiger partial charge in [-0.15, -0.1) is 0 Å². The number of carbonyl (C=O) groups excluding carboxylic acids is 1. The predicted molar refractivity (Wildman–Crippen MR) is 67.2 cm³/mol. The number of carboxylic acid groups (broad SMARTS) is 1. The van der Waals surface area contributed by atoms with Gasteiger partial charge in [0.2, 0.25) is 0 Å². The van der Waals surface area contributed by atoms with E-state index in [-0.39, 0.29) is 13.2 Å². The zero-order chi connectivity index (χ0) is 13.4. The van der Waals surface area contributed by atoms with Crippen LogP contribution in [0, 0.1) is 11.8 Å². The summed E-state index contributed by atoms with van der Waals surface area (Å²) in [6, 6.07) is 0. The molecule has 2 N–H and O–H groups in total. The Hall–Kier alpha value is -1.52. The molecule has 102 valence electrons. The minimum atomic E-state index is -0.856. The predicted octanol–water partition coefficient (Wildman–Crippen LogP) is 2.18. The Labute approximate surface area is 107 Å². The number of alkyl carbamates (subject to hydrolysis) is 1. The molecule has 0 radical (unpaired) electrons. The van der Waals surface area contributed by atoms with Crippen LogP contribution in [0.2, 0.25) is 0 Å². The monoisotopic (exact) mass is 255 g/mol. The van der Waals surface area contributed by atoms with Crippen molar-refractivity contribution in [3.8, 4) is 0 Å². The number of nitrogens with one attached hydrogen (secondary N) is 1. The zero-order valence-electron chi connectivity index (χ0n) is 10.6. The number of aliphatic carboxylic acids is 1. The van der Waals surface area contributed by atoms with Gasteiger partial charge in [-0.3, -0.25) is 4.79 Å². The summed E-state index contributed by atoms with van der Waals surface area (Å²) in [6.45, 7) is 3.68. The molecule has 0 saturated heterocycles. The van der Waals surface area contributed by atoms with Crippen molar-refractivity contribution in [2.75, 3.05) is 13.2 Å². The minimum absolute atomic E-state index is 0.127. The van der Waals surface area contributed by atoms with Crippen molar-refractivity contribution in [1.29, 1.82) is 0 Å². The van der Waals surface area contributed by atoms with Gasteiger partial charge < -0.3 is 15.2 Å². The summed E-state index contributed by atoms with van der Waals surface area (Å²) in [4.78, 5) is 22.3. The molecule has 1 unspecified atom stereocenters. The molecular formula is C13H21NO4. The molecule has 18 heavy (non-hydrogen) atoms. The van der Waals surface area contributed by atoms with Crippen LogP contribution in [0.3, 0.4) is 0 Å². The van der Waals surface area contributed by atoms with E-state index in [0.717, 1.165) is 12.8 Å². The fourth-order valence-electron chi connectivity index (χ4n) is 2.31. The molecule has 5 nitrogen and oxygen atoms in total. The van der Waals surface area contributed by atoms with Crippen LogP contribution < -0.4 is 5.32 Å². The lowest BCUT2D eigenvalue weighted by atomic mass is 9.93. The number of carbonyl (C=O) groups is 2. The highest BCUT2D eigenvalue weighted by molar-refractivity contribution is 5.72. The summed E-state index contributed by atoms with van der Waals surface area (Å²) in [5, 5.41) is 11.6. The fraction of sp³-hybridized carbons (Fsp3) is 0.692. The van der Waals surface area contributed by atoms with Crippen molar-refractivity contribution in [3.05, 3.63) is 12.7 Å². The SMILES string of the molecule is C=CCOC(=O)NCC(CC1CCCC1)C(=O)O. The van der Waals surface area contributed by atoms with E-state index in [1.54, 1.807) is 0 Å². The van der Waals surface area contributed by atoms with Gasteiger partial charge in [-0.25, -0.2) is 4.79 Å². The molecule has 0 bridgehead atoms. The highest BCUT2D eigenvalue weighted by atomic mass is 16.5. The van der Waals surface area contributed by atoms with Gasteiger partial charge in [-0.05, 0) is 12.3 Å². The van der Waals surface area contributed by atoms with Crippen LogP contribution in [0.25, 0.3) is 0 Å². The van der Waals surface area contributed by atoms with Crippen LogP contribution in [0.4, 0.5) is 4.79 Å². The number of hydrogen-bond donors (Lipinski definition) is 2. The van der Waals surface area contributed by atoms with Gasteiger partial charge in [-0.1, -0.05) is 38.3 Å². The van der Waals surface area contributed by atoms with Crippen LogP contribution in [-0.2, 0) is 9.53 Å². The lowest BCUT2D eigenvalue weighted by Gasteiger charge is -2.17. The summed E-state index contributed by atoms with van der Waals surface area (Å²) in [6.07, 6.45) is 6.09. The van der Waals surface area contributed by atoms with E-state index in [0.29, 0.717) is 12.3 Å². The summed E-state index contributed by atoms with van der Waals surface area (Å²) in [5.74, 6) is -0.896. The highest BCUT2D eigenvalue weighted by Gasteiger charge is 2.25. The van der Waals surface area contributed by atoms with Crippen LogP contribution in [0.15, 0.2) is 12.7 Å². The van der Waals surface area contributed by atoms with Gasteiger partial charge in [0, 0.05) is 6.54 Å². The quantitative estimate of drug-likeness (QED) is 0.684. The second kappa shape index (κ2) is 7.74. The van der Waals surface area contributed by atoms with E-state index in [2.05, 4.69) is 11.9 Å². The fourth-order valence-corrected chi connectivity index (χ4v) is 2.31. The van der Waals surface area contributed by atoms with Crippen LogP contribution >= 0.6 is 0 Å². The number of carboxylic acids is 1. The van der Waals surface area contributed by atoms with E-state index in [1.165, 1.54) is 18.9 Å². The molecule has 0 aromatic carbocycles. The molecule has 0 aromatic heterocycles. The summed E-state index contributed by atoms with van der Waals surface area (Å²) < 4.78 is 4.73. The van der Waals surface area contributed by atoms with E-state index < -0.39 is 18.0 Å². The number of ether oxygens (including phenoxy) is 1. The first-order valence-electron chi connectivity index (χ1n) is 6.37. The van der Waals surface area contributed by atoms with Crippen LogP contribution in [0.1, 0.15) is 32.1 Å². The molecule has 5 heteroatoms. The number of rotatable bonds is 7. The second-order valence-electron chi connectivity index (χ2n) is 4.69. The average Bonchev–Trinajstić information content (AvgIpc) is 2.84. The first-order valence-corrected chi connectivity index (χ1v) is 6.37. The molecule has 1 saturated carbocycles. The number of amides is 1. The van der Waals surface area contributed by atoms with Gasteiger partial charge in [0.15, 0.2) is 0 Å². The maximum Gasteiger partial charge on any atom is 0.407 e. The smallest absolute Gasteiger partial charge is 0.407 e. The molecular weight excluding hydrogens is 234 g/mol. The molecule has 0 spiro atoms. The zero-order valence-corrected chi connectivity index (χ0v) is 10.6.